The highest BCUT2D eigenvalue weighted by Gasteiger charge is 2.10. The molecule has 23 heavy (non-hydrogen) atoms. The first-order valence-electron chi connectivity index (χ1n) is 7.25. The minimum absolute atomic E-state index is 0.0609. The molecule has 1 heterocycles. The van der Waals surface area contributed by atoms with Crippen LogP contribution in [0.5, 0.6) is 5.75 Å². The maximum absolute atomic E-state index is 11.8. The summed E-state index contributed by atoms with van der Waals surface area (Å²) in [6.07, 6.45) is 1.61. The summed E-state index contributed by atoms with van der Waals surface area (Å²) in [5.41, 5.74) is 4.67. The SMILES string of the molecule is Cc1ccc(C(C)C)c(OCC(=O)N/N=C\c2cc(Br)cs2)c1. The number of nitrogens with zero attached hydrogens (tertiary/aromatic N) is 1. The van der Waals surface area contributed by atoms with Crippen molar-refractivity contribution in [3.8, 4) is 5.75 Å². The molecule has 0 atom stereocenters. The minimum Gasteiger partial charge on any atom is -0.483 e. The van der Waals surface area contributed by atoms with E-state index in [0.717, 1.165) is 26.2 Å². The molecule has 0 bridgehead atoms. The number of carbonyl (C=O) groups is 1. The normalized spacial score (nSPS) is 11.2. The Morgan fingerprint density at radius 2 is 2.22 bits per heavy atom. The van der Waals surface area contributed by atoms with E-state index in [0.29, 0.717) is 5.92 Å². The van der Waals surface area contributed by atoms with E-state index in [9.17, 15) is 4.79 Å². The number of ether oxygens (including phenoxy) is 1. The molecule has 0 saturated carbocycles. The van der Waals surface area contributed by atoms with Gasteiger partial charge in [0.2, 0.25) is 0 Å². The second kappa shape index (κ2) is 8.26. The molecule has 0 saturated heterocycles. The summed E-state index contributed by atoms with van der Waals surface area (Å²) in [6, 6.07) is 7.97. The summed E-state index contributed by atoms with van der Waals surface area (Å²) in [4.78, 5) is 12.8. The van der Waals surface area contributed by atoms with Gasteiger partial charge in [-0.1, -0.05) is 26.0 Å². The van der Waals surface area contributed by atoms with Crippen LogP contribution in [0.3, 0.4) is 0 Å². The van der Waals surface area contributed by atoms with Gasteiger partial charge in [-0.05, 0) is 52.0 Å². The van der Waals surface area contributed by atoms with Crippen LogP contribution in [0.1, 0.15) is 35.8 Å². The smallest absolute Gasteiger partial charge is 0.277 e. The van der Waals surface area contributed by atoms with Gasteiger partial charge in [0.25, 0.3) is 5.91 Å². The molecular formula is C17H19BrN2O2S. The van der Waals surface area contributed by atoms with E-state index in [2.05, 4.69) is 40.3 Å². The average Bonchev–Trinajstić information content (AvgIpc) is 2.90. The highest BCUT2D eigenvalue weighted by Crippen LogP contribution is 2.27. The summed E-state index contributed by atoms with van der Waals surface area (Å²) in [7, 11) is 0. The molecule has 0 unspecified atom stereocenters. The Labute approximate surface area is 148 Å². The van der Waals surface area contributed by atoms with E-state index < -0.39 is 0 Å². The largest absolute Gasteiger partial charge is 0.483 e. The van der Waals surface area contributed by atoms with Crippen molar-refractivity contribution in [2.45, 2.75) is 26.7 Å². The van der Waals surface area contributed by atoms with Crippen LogP contribution in [0.25, 0.3) is 0 Å². The Morgan fingerprint density at radius 3 is 2.87 bits per heavy atom. The molecule has 122 valence electrons. The number of hydrazone groups is 1. The quantitative estimate of drug-likeness (QED) is 0.580. The molecule has 1 aromatic heterocycles. The number of benzene rings is 1. The number of amides is 1. The Morgan fingerprint density at radius 1 is 1.43 bits per heavy atom. The number of thiophene rings is 1. The predicted octanol–water partition coefficient (Wildman–Crippen LogP) is 4.47. The highest BCUT2D eigenvalue weighted by atomic mass is 79.9. The van der Waals surface area contributed by atoms with Crippen molar-refractivity contribution in [3.05, 3.63) is 50.1 Å². The van der Waals surface area contributed by atoms with E-state index in [1.807, 2.05) is 36.6 Å². The van der Waals surface area contributed by atoms with E-state index in [1.165, 1.54) is 11.3 Å². The van der Waals surface area contributed by atoms with Crippen LogP contribution in [0.2, 0.25) is 0 Å². The lowest BCUT2D eigenvalue weighted by atomic mass is 10.0. The number of carbonyl (C=O) groups excluding carboxylic acids is 1. The van der Waals surface area contributed by atoms with Gasteiger partial charge in [0, 0.05) is 14.7 Å². The number of nitrogens with one attached hydrogen (secondary N) is 1. The number of rotatable bonds is 6. The predicted molar refractivity (Wildman–Crippen MR) is 98.5 cm³/mol. The molecule has 1 aromatic carbocycles. The van der Waals surface area contributed by atoms with Crippen LogP contribution in [0, 0.1) is 6.92 Å². The Balaban J connectivity index is 1.89. The lowest BCUT2D eigenvalue weighted by molar-refractivity contribution is -0.123. The Hall–Kier alpha value is -1.66. The monoisotopic (exact) mass is 394 g/mol. The van der Waals surface area contributed by atoms with Gasteiger partial charge in [-0.2, -0.15) is 5.10 Å². The summed E-state index contributed by atoms with van der Waals surface area (Å²) in [5, 5.41) is 5.88. The van der Waals surface area contributed by atoms with E-state index in [1.54, 1.807) is 6.21 Å². The van der Waals surface area contributed by atoms with Crippen molar-refractivity contribution in [2.24, 2.45) is 5.10 Å². The molecule has 6 heteroatoms. The summed E-state index contributed by atoms with van der Waals surface area (Å²) < 4.78 is 6.66. The van der Waals surface area contributed by atoms with E-state index >= 15 is 0 Å². The third-order valence-electron chi connectivity index (χ3n) is 3.12. The second-order valence-corrected chi connectivity index (χ2v) is 7.30. The number of aryl methyl sites for hydroxylation is 1. The van der Waals surface area contributed by atoms with Crippen LogP contribution >= 0.6 is 27.3 Å². The molecule has 0 aliphatic rings. The second-order valence-electron chi connectivity index (χ2n) is 5.45. The molecule has 0 spiro atoms. The van der Waals surface area contributed by atoms with Gasteiger partial charge < -0.3 is 4.74 Å². The van der Waals surface area contributed by atoms with Gasteiger partial charge in [-0.15, -0.1) is 11.3 Å². The van der Waals surface area contributed by atoms with Crippen LogP contribution in [-0.2, 0) is 4.79 Å². The standard InChI is InChI=1S/C17H19BrN2O2S/c1-11(2)15-5-4-12(3)6-16(15)22-9-17(21)20-19-8-14-7-13(18)10-23-14/h4-8,10-11H,9H2,1-3H3,(H,20,21)/b19-8-. The van der Waals surface area contributed by atoms with Crippen LogP contribution in [0.15, 0.2) is 39.2 Å². The maximum atomic E-state index is 11.8. The molecule has 2 aromatic rings. The van der Waals surface area contributed by atoms with Gasteiger partial charge in [0.15, 0.2) is 6.61 Å². The fraction of sp³-hybridized carbons (Fsp3) is 0.294. The lowest BCUT2D eigenvalue weighted by Gasteiger charge is -2.14. The number of hydrogen-bond donors (Lipinski definition) is 1. The fourth-order valence-electron chi connectivity index (χ4n) is 1.98. The molecule has 4 nitrogen and oxygen atoms in total. The van der Waals surface area contributed by atoms with Gasteiger partial charge in [0.05, 0.1) is 6.21 Å². The highest BCUT2D eigenvalue weighted by molar-refractivity contribution is 9.10. The lowest BCUT2D eigenvalue weighted by Crippen LogP contribution is -2.24. The first kappa shape index (κ1) is 17.7. The molecule has 0 radical (unpaired) electrons. The molecular weight excluding hydrogens is 376 g/mol. The Kier molecular flexibility index (Phi) is 6.36. The van der Waals surface area contributed by atoms with Gasteiger partial charge in [-0.25, -0.2) is 5.43 Å². The van der Waals surface area contributed by atoms with Crippen molar-refractivity contribution in [3.63, 3.8) is 0 Å². The van der Waals surface area contributed by atoms with Crippen LogP contribution in [0.4, 0.5) is 0 Å². The summed E-state index contributed by atoms with van der Waals surface area (Å²) in [5.74, 6) is 0.804. The van der Waals surface area contributed by atoms with E-state index in [-0.39, 0.29) is 12.5 Å². The van der Waals surface area contributed by atoms with Crippen molar-refractivity contribution in [1.29, 1.82) is 0 Å². The first-order valence-corrected chi connectivity index (χ1v) is 8.92. The molecule has 1 N–H and O–H groups in total. The van der Waals surface area contributed by atoms with Crippen LogP contribution < -0.4 is 10.2 Å². The third-order valence-corrected chi connectivity index (χ3v) is 4.75. The van der Waals surface area contributed by atoms with Crippen molar-refractivity contribution in [2.75, 3.05) is 6.61 Å². The molecule has 0 fully saturated rings. The number of halogens is 1. The third kappa shape index (κ3) is 5.48. The number of hydrogen-bond acceptors (Lipinski definition) is 4. The van der Waals surface area contributed by atoms with Crippen LogP contribution in [-0.4, -0.2) is 18.7 Å². The maximum Gasteiger partial charge on any atom is 0.277 e. The van der Waals surface area contributed by atoms with E-state index in [4.69, 9.17) is 4.74 Å². The molecule has 0 aliphatic carbocycles. The van der Waals surface area contributed by atoms with Crippen molar-refractivity contribution in [1.82, 2.24) is 5.43 Å². The topological polar surface area (TPSA) is 50.7 Å². The zero-order valence-electron chi connectivity index (χ0n) is 13.3. The van der Waals surface area contributed by atoms with Crippen molar-refractivity contribution < 1.29 is 9.53 Å². The minimum atomic E-state index is -0.284. The Bertz CT molecular complexity index is 710. The first-order chi connectivity index (χ1) is 11.0. The zero-order chi connectivity index (χ0) is 16.8. The fourth-order valence-corrected chi connectivity index (χ4v) is 3.29. The summed E-state index contributed by atoms with van der Waals surface area (Å²) in [6.45, 7) is 6.14. The van der Waals surface area contributed by atoms with Gasteiger partial charge in [0.1, 0.15) is 5.75 Å². The van der Waals surface area contributed by atoms with Gasteiger partial charge in [-0.3, -0.25) is 4.79 Å². The zero-order valence-corrected chi connectivity index (χ0v) is 15.7. The molecule has 2 rings (SSSR count). The molecule has 1 amide bonds. The van der Waals surface area contributed by atoms with Gasteiger partial charge >= 0.3 is 0 Å². The summed E-state index contributed by atoms with van der Waals surface area (Å²) >= 11 is 4.91. The van der Waals surface area contributed by atoms with Crippen molar-refractivity contribution >= 4 is 39.4 Å². The molecule has 0 aliphatic heterocycles. The average molecular weight is 395 g/mol.